The van der Waals surface area contributed by atoms with E-state index in [1.54, 1.807) is 28.8 Å². The van der Waals surface area contributed by atoms with Crippen molar-refractivity contribution in [2.24, 2.45) is 5.92 Å². The number of aromatic nitrogens is 3. The number of aryl methyl sites for hydroxylation is 1. The highest BCUT2D eigenvalue weighted by Crippen LogP contribution is 2.33. The lowest BCUT2D eigenvalue weighted by molar-refractivity contribution is -0.136. The molecule has 4 rings (SSSR count). The largest absolute Gasteiger partial charge is 0.490 e. The molecule has 0 unspecified atom stereocenters. The van der Waals surface area contributed by atoms with Crippen LogP contribution in [-0.4, -0.2) is 95.7 Å². The number of nitrogens with zero attached hydrogens (tertiary/aromatic N) is 5. The fraction of sp³-hybridized carbons (Fsp3) is 0.640. The molecule has 2 aromatic rings. The molecule has 3 heterocycles. The van der Waals surface area contributed by atoms with Crippen molar-refractivity contribution in [3.05, 3.63) is 30.1 Å². The summed E-state index contributed by atoms with van der Waals surface area (Å²) in [7, 11) is -2.38. The van der Waals surface area contributed by atoms with Gasteiger partial charge in [-0.3, -0.25) is 4.79 Å². The molecule has 0 radical (unpaired) electrons. The van der Waals surface area contributed by atoms with Gasteiger partial charge in [0.05, 0.1) is 55.4 Å². The second kappa shape index (κ2) is 12.4. The van der Waals surface area contributed by atoms with Crippen LogP contribution in [0.25, 0.3) is 0 Å². The SMILES string of the molecule is C[C@@H]1CN([C@@H](C)CO)C(=O)CCCn2nncc2CO[C@@H]1CN(C)S(=O)(=O)c1ccc2c(c1)OCCCO2. The fourth-order valence-electron chi connectivity index (χ4n) is 4.58. The molecule has 0 bridgehead atoms. The van der Waals surface area contributed by atoms with Crippen molar-refractivity contribution < 1.29 is 32.5 Å². The zero-order chi connectivity index (χ0) is 27.3. The number of carbonyl (C=O) groups excluding carboxylic acids is 1. The van der Waals surface area contributed by atoms with Crippen molar-refractivity contribution in [2.75, 3.05) is 40.0 Å². The molecule has 12 nitrogen and oxygen atoms in total. The van der Waals surface area contributed by atoms with Gasteiger partial charge in [0.15, 0.2) is 11.5 Å². The second-order valence-corrected chi connectivity index (χ2v) is 11.9. The number of aliphatic hydroxyl groups is 1. The van der Waals surface area contributed by atoms with Gasteiger partial charge >= 0.3 is 0 Å². The lowest BCUT2D eigenvalue weighted by atomic mass is 10.0. The lowest BCUT2D eigenvalue weighted by Crippen LogP contribution is -2.47. The first kappa shape index (κ1) is 28.3. The van der Waals surface area contributed by atoms with E-state index in [2.05, 4.69) is 10.3 Å². The Morgan fingerprint density at radius 1 is 1.21 bits per heavy atom. The molecule has 2 aliphatic rings. The molecule has 1 aromatic carbocycles. The van der Waals surface area contributed by atoms with Gasteiger partial charge in [-0.05, 0) is 25.5 Å². The summed E-state index contributed by atoms with van der Waals surface area (Å²) in [5.41, 5.74) is 0.754. The van der Waals surface area contributed by atoms with Crippen LogP contribution in [0.2, 0.25) is 0 Å². The monoisotopic (exact) mass is 551 g/mol. The molecule has 38 heavy (non-hydrogen) atoms. The highest BCUT2D eigenvalue weighted by molar-refractivity contribution is 7.89. The number of hydrogen-bond acceptors (Lipinski definition) is 9. The van der Waals surface area contributed by atoms with Gasteiger partial charge in [-0.2, -0.15) is 4.31 Å². The van der Waals surface area contributed by atoms with E-state index in [1.165, 1.54) is 23.5 Å². The van der Waals surface area contributed by atoms with Crippen LogP contribution >= 0.6 is 0 Å². The molecule has 0 spiro atoms. The van der Waals surface area contributed by atoms with Gasteiger partial charge in [0.2, 0.25) is 15.9 Å². The van der Waals surface area contributed by atoms with Crippen molar-refractivity contribution in [3.8, 4) is 11.5 Å². The number of ether oxygens (including phenoxy) is 3. The van der Waals surface area contributed by atoms with Crippen LogP contribution in [0, 0.1) is 5.92 Å². The molecule has 0 saturated heterocycles. The molecule has 3 atom stereocenters. The first-order valence-electron chi connectivity index (χ1n) is 13.0. The standard InChI is InChI=1S/C25H37N5O7S/c1-18-14-29(19(2)16-31)25(32)6-4-9-30-20(13-26-27-30)17-37-24(18)15-28(3)38(33,34)21-7-8-22-23(12-21)36-11-5-10-35-22/h7-8,12-13,18-19,24,31H,4-6,9-11,14-17H2,1-3H3/t18-,19+,24-/m1/s1. The average Bonchev–Trinajstić information content (AvgIpc) is 3.21. The zero-order valence-corrected chi connectivity index (χ0v) is 23.0. The van der Waals surface area contributed by atoms with Crippen LogP contribution in [-0.2, 0) is 32.7 Å². The number of likely N-dealkylation sites (N-methyl/N-ethyl adjacent to an activating group) is 1. The third-order valence-corrected chi connectivity index (χ3v) is 8.82. The van der Waals surface area contributed by atoms with E-state index >= 15 is 0 Å². The smallest absolute Gasteiger partial charge is 0.243 e. The second-order valence-electron chi connectivity index (χ2n) is 9.90. The van der Waals surface area contributed by atoms with Crippen molar-refractivity contribution in [1.82, 2.24) is 24.2 Å². The van der Waals surface area contributed by atoms with Crippen LogP contribution < -0.4 is 9.47 Å². The van der Waals surface area contributed by atoms with Gasteiger partial charge in [-0.15, -0.1) is 5.10 Å². The maximum atomic E-state index is 13.5. The molecule has 0 aliphatic carbocycles. The molecule has 210 valence electrons. The van der Waals surface area contributed by atoms with Gasteiger partial charge in [-0.1, -0.05) is 12.1 Å². The number of benzene rings is 1. The first-order chi connectivity index (χ1) is 18.2. The number of hydrogen-bond donors (Lipinski definition) is 1. The van der Waals surface area contributed by atoms with Gasteiger partial charge in [0, 0.05) is 51.5 Å². The molecular formula is C25H37N5O7S. The summed E-state index contributed by atoms with van der Waals surface area (Å²) in [5.74, 6) is 0.611. The molecule has 1 amide bonds. The van der Waals surface area contributed by atoms with Crippen LogP contribution in [0.15, 0.2) is 29.3 Å². The summed E-state index contributed by atoms with van der Waals surface area (Å²) in [4.78, 5) is 14.8. The van der Waals surface area contributed by atoms with Gasteiger partial charge in [0.25, 0.3) is 0 Å². The Kier molecular flexibility index (Phi) is 9.23. The minimum atomic E-state index is -3.89. The van der Waals surface area contributed by atoms with E-state index in [1.807, 2.05) is 6.92 Å². The summed E-state index contributed by atoms with van der Waals surface area (Å²) in [5, 5.41) is 17.8. The highest BCUT2D eigenvalue weighted by Gasteiger charge is 2.32. The fourth-order valence-corrected chi connectivity index (χ4v) is 5.78. The van der Waals surface area contributed by atoms with Crippen LogP contribution in [0.4, 0.5) is 0 Å². The Morgan fingerprint density at radius 2 is 1.97 bits per heavy atom. The number of aliphatic hydroxyl groups excluding tert-OH is 1. The predicted octanol–water partition coefficient (Wildman–Crippen LogP) is 1.28. The normalized spacial score (nSPS) is 22.2. The maximum absolute atomic E-state index is 13.5. The zero-order valence-electron chi connectivity index (χ0n) is 22.2. The Balaban J connectivity index is 1.58. The predicted molar refractivity (Wildman–Crippen MR) is 137 cm³/mol. The van der Waals surface area contributed by atoms with Crippen molar-refractivity contribution in [1.29, 1.82) is 0 Å². The van der Waals surface area contributed by atoms with E-state index in [9.17, 15) is 18.3 Å². The van der Waals surface area contributed by atoms with Crippen LogP contribution in [0.3, 0.4) is 0 Å². The van der Waals surface area contributed by atoms with E-state index in [0.717, 1.165) is 12.1 Å². The third-order valence-electron chi connectivity index (χ3n) is 7.00. The summed E-state index contributed by atoms with van der Waals surface area (Å²) in [6.07, 6.45) is 2.67. The number of carbonyl (C=O) groups is 1. The number of fused-ring (bicyclic) bond motifs is 2. The molecule has 0 fully saturated rings. The first-order valence-corrected chi connectivity index (χ1v) is 14.4. The van der Waals surface area contributed by atoms with E-state index in [4.69, 9.17) is 14.2 Å². The summed E-state index contributed by atoms with van der Waals surface area (Å²) < 4.78 is 47.6. The molecule has 1 aromatic heterocycles. The third kappa shape index (κ3) is 6.45. The van der Waals surface area contributed by atoms with E-state index in [-0.39, 0.29) is 42.5 Å². The molecule has 13 heteroatoms. The minimum Gasteiger partial charge on any atom is -0.490 e. The molecular weight excluding hydrogens is 514 g/mol. The van der Waals surface area contributed by atoms with E-state index < -0.39 is 16.1 Å². The molecule has 2 aliphatic heterocycles. The van der Waals surface area contributed by atoms with Crippen LogP contribution in [0.1, 0.15) is 38.8 Å². The van der Waals surface area contributed by atoms with Crippen molar-refractivity contribution in [2.45, 2.75) is 63.3 Å². The Bertz CT molecular complexity index is 1200. The quantitative estimate of drug-likeness (QED) is 0.563. The van der Waals surface area contributed by atoms with Crippen LogP contribution in [0.5, 0.6) is 11.5 Å². The van der Waals surface area contributed by atoms with Gasteiger partial charge in [0.1, 0.15) is 0 Å². The van der Waals surface area contributed by atoms with E-state index in [0.29, 0.717) is 50.6 Å². The topological polar surface area (TPSA) is 136 Å². The van der Waals surface area contributed by atoms with Gasteiger partial charge in [-0.25, -0.2) is 13.1 Å². The Labute approximate surface area is 223 Å². The Hall–Kier alpha value is -2.74. The van der Waals surface area contributed by atoms with Crippen molar-refractivity contribution >= 4 is 15.9 Å². The number of rotatable bonds is 6. The molecule has 0 saturated carbocycles. The summed E-state index contributed by atoms with van der Waals surface area (Å²) in [6.45, 7) is 5.58. The number of amides is 1. The lowest BCUT2D eigenvalue weighted by Gasteiger charge is -2.35. The summed E-state index contributed by atoms with van der Waals surface area (Å²) >= 11 is 0. The summed E-state index contributed by atoms with van der Waals surface area (Å²) in [6, 6.07) is 4.24. The van der Waals surface area contributed by atoms with Gasteiger partial charge < -0.3 is 24.2 Å². The Morgan fingerprint density at radius 3 is 2.74 bits per heavy atom. The molecule has 1 N–H and O–H groups in total. The average molecular weight is 552 g/mol. The maximum Gasteiger partial charge on any atom is 0.243 e. The highest BCUT2D eigenvalue weighted by atomic mass is 32.2. The number of sulfonamides is 1. The van der Waals surface area contributed by atoms with Crippen molar-refractivity contribution in [3.63, 3.8) is 0 Å². The minimum absolute atomic E-state index is 0.0506.